The van der Waals surface area contributed by atoms with Crippen molar-refractivity contribution in [3.05, 3.63) is 58.6 Å². The van der Waals surface area contributed by atoms with E-state index in [0.717, 1.165) is 12.1 Å². The van der Waals surface area contributed by atoms with Gasteiger partial charge in [-0.15, -0.1) is 13.2 Å². The van der Waals surface area contributed by atoms with Crippen molar-refractivity contribution in [1.29, 1.82) is 0 Å². The number of oxime groups is 1. The maximum absolute atomic E-state index is 12.3. The smallest absolute Gasteiger partial charge is 0.487 e. The average Bonchev–Trinajstić information content (AvgIpc) is 2.64. The second-order valence-corrected chi connectivity index (χ2v) is 5.69. The van der Waals surface area contributed by atoms with Gasteiger partial charge in [-0.2, -0.15) is 0 Å². The second kappa shape index (κ2) is 9.32. The molecular weight excluding hydrogens is 401 g/mol. The molecule has 6 nitrogen and oxygen atoms in total. The lowest BCUT2D eigenvalue weighted by Gasteiger charge is -2.14. The molecule has 2 aromatic rings. The van der Waals surface area contributed by atoms with E-state index in [1.165, 1.54) is 20.2 Å². The van der Waals surface area contributed by atoms with E-state index in [-0.39, 0.29) is 23.1 Å². The number of rotatable bonds is 7. The standard InChI is InChI=1S/C18H16ClF3N2O4/c1-23-17(25)16(24-26-2)13-6-4-3-5-11(13)10-27-15-8-7-12(9-14(15)19)28-18(20,21)22/h3-9H,10H2,1-2H3,(H,23,25). The van der Waals surface area contributed by atoms with Crippen LogP contribution < -0.4 is 14.8 Å². The zero-order valence-corrected chi connectivity index (χ0v) is 15.6. The number of carbonyl (C=O) groups is 1. The molecular formula is C18H16ClF3N2O4. The van der Waals surface area contributed by atoms with Crippen LogP contribution in [0, 0.1) is 0 Å². The molecule has 0 heterocycles. The fourth-order valence-electron chi connectivity index (χ4n) is 2.25. The highest BCUT2D eigenvalue weighted by Crippen LogP contribution is 2.32. The summed E-state index contributed by atoms with van der Waals surface area (Å²) in [6.07, 6.45) is -4.82. The number of hydrogen-bond donors (Lipinski definition) is 1. The largest absolute Gasteiger partial charge is 0.573 e. The Morgan fingerprint density at radius 1 is 1.21 bits per heavy atom. The maximum atomic E-state index is 12.3. The van der Waals surface area contributed by atoms with E-state index in [9.17, 15) is 18.0 Å². The predicted molar refractivity (Wildman–Crippen MR) is 96.5 cm³/mol. The first kappa shape index (κ1) is 21.4. The van der Waals surface area contributed by atoms with Crippen LogP contribution in [0.25, 0.3) is 0 Å². The fourth-order valence-corrected chi connectivity index (χ4v) is 2.48. The first-order valence-electron chi connectivity index (χ1n) is 7.84. The second-order valence-electron chi connectivity index (χ2n) is 5.29. The molecule has 0 aliphatic carbocycles. The fraction of sp³-hybridized carbons (Fsp3) is 0.222. The zero-order chi connectivity index (χ0) is 20.7. The molecule has 10 heteroatoms. The number of amides is 1. The van der Waals surface area contributed by atoms with Crippen LogP contribution in [0.1, 0.15) is 11.1 Å². The maximum Gasteiger partial charge on any atom is 0.573 e. The highest BCUT2D eigenvalue weighted by atomic mass is 35.5. The molecule has 0 saturated heterocycles. The minimum atomic E-state index is -4.82. The van der Waals surface area contributed by atoms with Gasteiger partial charge in [0.25, 0.3) is 5.91 Å². The van der Waals surface area contributed by atoms with Crippen molar-refractivity contribution >= 4 is 23.2 Å². The number of carbonyl (C=O) groups excluding carboxylic acids is 1. The monoisotopic (exact) mass is 416 g/mol. The normalized spacial score (nSPS) is 11.7. The summed E-state index contributed by atoms with van der Waals surface area (Å²) >= 11 is 5.97. The van der Waals surface area contributed by atoms with Crippen molar-refractivity contribution in [2.45, 2.75) is 13.0 Å². The Bertz CT molecular complexity index is 872. The van der Waals surface area contributed by atoms with Crippen LogP contribution in [-0.2, 0) is 16.2 Å². The summed E-state index contributed by atoms with van der Waals surface area (Å²) in [5, 5.41) is 6.15. The lowest BCUT2D eigenvalue weighted by Crippen LogP contribution is -2.29. The number of likely N-dealkylation sites (N-methyl/N-ethyl adjacent to an activating group) is 1. The van der Waals surface area contributed by atoms with Gasteiger partial charge in [0.2, 0.25) is 0 Å². The van der Waals surface area contributed by atoms with E-state index < -0.39 is 18.0 Å². The van der Waals surface area contributed by atoms with E-state index in [0.29, 0.717) is 11.1 Å². The van der Waals surface area contributed by atoms with Gasteiger partial charge in [-0.3, -0.25) is 4.79 Å². The minimum Gasteiger partial charge on any atom is -0.487 e. The molecule has 0 bridgehead atoms. The Labute approximate surface area is 163 Å². The zero-order valence-electron chi connectivity index (χ0n) is 14.8. The molecule has 1 amide bonds. The van der Waals surface area contributed by atoms with Crippen LogP contribution in [-0.4, -0.2) is 32.1 Å². The van der Waals surface area contributed by atoms with Crippen molar-refractivity contribution in [3.8, 4) is 11.5 Å². The highest BCUT2D eigenvalue weighted by Gasteiger charge is 2.31. The van der Waals surface area contributed by atoms with E-state index in [1.807, 2.05) is 0 Å². The molecule has 0 radical (unpaired) electrons. The van der Waals surface area contributed by atoms with Gasteiger partial charge in [0.1, 0.15) is 25.2 Å². The third-order valence-electron chi connectivity index (χ3n) is 3.42. The van der Waals surface area contributed by atoms with Gasteiger partial charge in [-0.05, 0) is 17.7 Å². The lowest BCUT2D eigenvalue weighted by molar-refractivity contribution is -0.274. The Kier molecular flexibility index (Phi) is 7.11. The van der Waals surface area contributed by atoms with Crippen molar-refractivity contribution in [1.82, 2.24) is 5.32 Å². The van der Waals surface area contributed by atoms with Gasteiger partial charge >= 0.3 is 6.36 Å². The lowest BCUT2D eigenvalue weighted by atomic mass is 10.0. The van der Waals surface area contributed by atoms with Crippen molar-refractivity contribution in [2.24, 2.45) is 5.16 Å². The summed E-state index contributed by atoms with van der Waals surface area (Å²) < 4.78 is 46.2. The van der Waals surface area contributed by atoms with Crippen LogP contribution in [0.2, 0.25) is 5.02 Å². The highest BCUT2D eigenvalue weighted by molar-refractivity contribution is 6.45. The van der Waals surface area contributed by atoms with Crippen molar-refractivity contribution in [2.75, 3.05) is 14.2 Å². The first-order valence-corrected chi connectivity index (χ1v) is 8.22. The molecule has 0 saturated carbocycles. The SMILES string of the molecule is CNC(=O)C(=NOC)c1ccccc1COc1ccc(OC(F)(F)F)cc1Cl. The van der Waals surface area contributed by atoms with E-state index in [2.05, 4.69) is 15.2 Å². The molecule has 2 rings (SSSR count). The molecule has 2 aromatic carbocycles. The summed E-state index contributed by atoms with van der Waals surface area (Å²) in [7, 11) is 2.77. The number of halogens is 4. The summed E-state index contributed by atoms with van der Waals surface area (Å²) in [5.74, 6) is -0.767. The molecule has 1 N–H and O–H groups in total. The van der Waals surface area contributed by atoms with Crippen LogP contribution in [0.3, 0.4) is 0 Å². The number of benzene rings is 2. The topological polar surface area (TPSA) is 69.2 Å². The van der Waals surface area contributed by atoms with Crippen LogP contribution >= 0.6 is 11.6 Å². The number of alkyl halides is 3. The van der Waals surface area contributed by atoms with Crippen molar-refractivity contribution < 1.29 is 32.3 Å². The molecule has 0 spiro atoms. The minimum absolute atomic E-state index is 0.0188. The van der Waals surface area contributed by atoms with E-state index in [4.69, 9.17) is 21.2 Å². The van der Waals surface area contributed by atoms with Gasteiger partial charge in [0.05, 0.1) is 5.02 Å². The van der Waals surface area contributed by atoms with Gasteiger partial charge in [0.15, 0.2) is 5.71 Å². The van der Waals surface area contributed by atoms with Gasteiger partial charge in [0, 0.05) is 18.7 Å². The van der Waals surface area contributed by atoms with Crippen LogP contribution in [0.4, 0.5) is 13.2 Å². The van der Waals surface area contributed by atoms with Gasteiger partial charge < -0.3 is 19.6 Å². The molecule has 0 aliphatic rings. The third kappa shape index (κ3) is 5.78. The molecule has 0 atom stereocenters. The predicted octanol–water partition coefficient (Wildman–Crippen LogP) is 3.91. The summed E-state index contributed by atoms with van der Waals surface area (Å²) in [4.78, 5) is 16.8. The molecule has 0 aromatic heterocycles. The first-order chi connectivity index (χ1) is 13.2. The Hall–Kier alpha value is -2.94. The molecule has 0 fully saturated rings. The number of nitrogens with one attached hydrogen (secondary N) is 1. The summed E-state index contributed by atoms with van der Waals surface area (Å²) in [6.45, 7) is -0.0188. The van der Waals surface area contributed by atoms with E-state index in [1.54, 1.807) is 24.3 Å². The number of ether oxygens (including phenoxy) is 2. The molecule has 28 heavy (non-hydrogen) atoms. The van der Waals surface area contributed by atoms with Crippen LogP contribution in [0.5, 0.6) is 11.5 Å². The number of hydrogen-bond acceptors (Lipinski definition) is 5. The quantitative estimate of drug-likeness (QED) is 0.549. The number of nitrogens with zero attached hydrogens (tertiary/aromatic N) is 1. The average molecular weight is 417 g/mol. The third-order valence-corrected chi connectivity index (χ3v) is 3.71. The Morgan fingerprint density at radius 2 is 1.93 bits per heavy atom. The van der Waals surface area contributed by atoms with Gasteiger partial charge in [-0.1, -0.05) is 41.0 Å². The molecule has 0 aliphatic heterocycles. The Morgan fingerprint density at radius 3 is 2.54 bits per heavy atom. The molecule has 150 valence electrons. The summed E-state index contributed by atoms with van der Waals surface area (Å²) in [5.41, 5.74) is 1.11. The van der Waals surface area contributed by atoms with Crippen molar-refractivity contribution in [3.63, 3.8) is 0 Å². The summed E-state index contributed by atoms with van der Waals surface area (Å²) in [6, 6.07) is 10.2. The van der Waals surface area contributed by atoms with Gasteiger partial charge in [-0.25, -0.2) is 0 Å². The Balaban J connectivity index is 2.22. The molecule has 0 unspecified atom stereocenters. The van der Waals surface area contributed by atoms with E-state index >= 15 is 0 Å². The van der Waals surface area contributed by atoms with Crippen LogP contribution in [0.15, 0.2) is 47.6 Å².